The summed E-state index contributed by atoms with van der Waals surface area (Å²) in [5, 5.41) is 0. The summed E-state index contributed by atoms with van der Waals surface area (Å²) >= 11 is -2.22. The van der Waals surface area contributed by atoms with Crippen molar-refractivity contribution in [2.75, 3.05) is 14.1 Å². The third-order valence-electron chi connectivity index (χ3n) is 5.46. The third kappa shape index (κ3) is 7.16. The van der Waals surface area contributed by atoms with Gasteiger partial charge in [0.05, 0.1) is 0 Å². The molecule has 1 aromatic rings. The Hall–Kier alpha value is -0.0713. The van der Waals surface area contributed by atoms with Crippen LogP contribution in [0.5, 0.6) is 0 Å². The number of rotatable bonds is 13. The van der Waals surface area contributed by atoms with Crippen LogP contribution in [-0.4, -0.2) is 45.2 Å². The molecule has 1 aromatic carbocycles. The van der Waals surface area contributed by atoms with Crippen LogP contribution in [0.1, 0.15) is 64.9 Å². The molecule has 0 radical (unpaired) electrons. The summed E-state index contributed by atoms with van der Waals surface area (Å²) in [6.07, 6.45) is 7.98. The van der Waals surface area contributed by atoms with E-state index in [1.54, 1.807) is 26.2 Å². The third-order valence-corrected chi connectivity index (χ3v) is 22.7. The van der Waals surface area contributed by atoms with E-state index in [-0.39, 0.29) is 0 Å². The molecule has 0 atom stereocenters. The molecule has 0 saturated heterocycles. The molecule has 0 aliphatic heterocycles. The maximum absolute atomic E-state index is 12.3. The average Bonchev–Trinajstić information content (AvgIpc) is 2.63. The van der Waals surface area contributed by atoms with E-state index >= 15 is 0 Å². The van der Waals surface area contributed by atoms with E-state index in [0.29, 0.717) is 4.90 Å². The van der Waals surface area contributed by atoms with Crippen molar-refractivity contribution < 1.29 is 8.42 Å². The zero-order valence-corrected chi connectivity index (χ0v) is 21.2. The zero-order chi connectivity index (χ0) is 19.6. The van der Waals surface area contributed by atoms with Gasteiger partial charge < -0.3 is 0 Å². The minimum atomic E-state index is -3.33. The number of nitrogens with zero attached hydrogens (tertiary/aromatic N) is 1. The predicted octanol–water partition coefficient (Wildman–Crippen LogP) is 5.87. The fraction of sp³-hybridized carbons (Fsp3) is 0.714. The van der Waals surface area contributed by atoms with Crippen LogP contribution < -0.4 is 0 Å². The molecular weight excluding hydrogens is 449 g/mol. The van der Waals surface area contributed by atoms with Gasteiger partial charge in [0.25, 0.3) is 0 Å². The van der Waals surface area contributed by atoms with Gasteiger partial charge in [-0.05, 0) is 0 Å². The average molecular weight is 488 g/mol. The van der Waals surface area contributed by atoms with E-state index in [1.807, 2.05) is 0 Å². The van der Waals surface area contributed by atoms with Gasteiger partial charge in [-0.2, -0.15) is 0 Å². The van der Waals surface area contributed by atoms with Crippen LogP contribution in [-0.2, 0) is 14.5 Å². The second kappa shape index (κ2) is 11.7. The van der Waals surface area contributed by atoms with Crippen LogP contribution in [0.15, 0.2) is 29.2 Å². The normalized spacial score (nSPS) is 12.7. The first-order chi connectivity index (χ1) is 12.3. The molecule has 0 aliphatic carbocycles. The van der Waals surface area contributed by atoms with Gasteiger partial charge in [0.1, 0.15) is 0 Å². The van der Waals surface area contributed by atoms with Crippen molar-refractivity contribution in [2.24, 2.45) is 0 Å². The Morgan fingerprint density at radius 1 is 0.808 bits per heavy atom. The fourth-order valence-electron chi connectivity index (χ4n) is 3.72. The van der Waals surface area contributed by atoms with Gasteiger partial charge in [-0.15, -0.1) is 0 Å². The first-order valence-electron chi connectivity index (χ1n) is 10.3. The molecule has 0 heterocycles. The Kier molecular flexibility index (Phi) is 10.8. The molecule has 0 N–H and O–H groups in total. The summed E-state index contributed by atoms with van der Waals surface area (Å²) in [7, 11) is -0.153. The summed E-state index contributed by atoms with van der Waals surface area (Å²) < 4.78 is 31.6. The first-order valence-corrected chi connectivity index (χ1v) is 19.8. The molecule has 0 bridgehead atoms. The summed E-state index contributed by atoms with van der Waals surface area (Å²) in [4.78, 5) is 0.405. The van der Waals surface area contributed by atoms with Crippen LogP contribution in [0, 0.1) is 0 Å². The molecule has 150 valence electrons. The topological polar surface area (TPSA) is 37.4 Å². The van der Waals surface area contributed by atoms with Gasteiger partial charge in [0, 0.05) is 0 Å². The Bertz CT molecular complexity index is 590. The van der Waals surface area contributed by atoms with Gasteiger partial charge in [-0.25, -0.2) is 0 Å². The summed E-state index contributed by atoms with van der Waals surface area (Å²) in [5.74, 6) is 0. The second-order valence-electron chi connectivity index (χ2n) is 7.92. The van der Waals surface area contributed by atoms with Crippen molar-refractivity contribution in [1.82, 2.24) is 4.31 Å². The Labute approximate surface area is 166 Å². The first kappa shape index (κ1) is 24.0. The van der Waals surface area contributed by atoms with Gasteiger partial charge in [-0.1, -0.05) is 0 Å². The number of hydrogen-bond acceptors (Lipinski definition) is 2. The second-order valence-corrected chi connectivity index (χ2v) is 23.9. The van der Waals surface area contributed by atoms with Crippen molar-refractivity contribution >= 4 is 28.4 Å². The molecule has 26 heavy (non-hydrogen) atoms. The van der Waals surface area contributed by atoms with Gasteiger partial charge in [-0.3, -0.25) is 0 Å². The van der Waals surface area contributed by atoms with Crippen LogP contribution in [0.25, 0.3) is 0 Å². The van der Waals surface area contributed by atoms with E-state index in [9.17, 15) is 8.42 Å². The molecule has 0 unspecified atom stereocenters. The quantitative estimate of drug-likeness (QED) is 0.326. The van der Waals surface area contributed by atoms with Gasteiger partial charge >= 0.3 is 167 Å². The predicted molar refractivity (Wildman–Crippen MR) is 116 cm³/mol. The molecule has 3 nitrogen and oxygen atoms in total. The molecule has 0 fully saturated rings. The van der Waals surface area contributed by atoms with Gasteiger partial charge in [0.2, 0.25) is 0 Å². The zero-order valence-electron chi connectivity index (χ0n) is 17.6. The van der Waals surface area contributed by atoms with E-state index in [2.05, 4.69) is 32.9 Å². The molecule has 0 aromatic heterocycles. The van der Waals surface area contributed by atoms with Crippen molar-refractivity contribution in [3.05, 3.63) is 29.8 Å². The minimum absolute atomic E-state index is 0.405. The van der Waals surface area contributed by atoms with E-state index in [4.69, 9.17) is 0 Å². The molecule has 0 saturated carbocycles. The molecule has 0 spiro atoms. The monoisotopic (exact) mass is 489 g/mol. The van der Waals surface area contributed by atoms with Crippen molar-refractivity contribution in [3.63, 3.8) is 0 Å². The van der Waals surface area contributed by atoms with E-state index in [1.165, 1.54) is 66.1 Å². The number of benzene rings is 1. The summed E-state index contributed by atoms with van der Waals surface area (Å²) in [6.45, 7) is 6.91. The summed E-state index contributed by atoms with van der Waals surface area (Å²) in [5.41, 5.74) is 1.36. The van der Waals surface area contributed by atoms with Crippen LogP contribution in [0.4, 0.5) is 0 Å². The standard InChI is InChI=1S/C9H12NO2S.3C4H9.Sn/c1-8-4-6-9(7-5-8)13(11,12)10(2)3;3*1-3-4-2;/h4-7H,1H2,2-3H3;3*1,3-4H2,2H3;. The Morgan fingerprint density at radius 2 is 1.23 bits per heavy atom. The Balaban J connectivity index is 3.04. The van der Waals surface area contributed by atoms with Gasteiger partial charge in [0.15, 0.2) is 0 Å². The van der Waals surface area contributed by atoms with Crippen LogP contribution >= 0.6 is 0 Å². The summed E-state index contributed by atoms with van der Waals surface area (Å²) in [6, 6.07) is 7.76. The SMILES string of the molecule is CCC[CH2][Sn]([CH2]CCC)([CH2]CCC)[CH2]c1ccc(S(=O)(=O)N(C)C)cc1. The van der Waals surface area contributed by atoms with E-state index < -0.39 is 28.4 Å². The molecule has 0 amide bonds. The van der Waals surface area contributed by atoms with Crippen molar-refractivity contribution in [2.45, 2.75) is 81.9 Å². The fourth-order valence-corrected chi connectivity index (χ4v) is 20.9. The van der Waals surface area contributed by atoms with E-state index in [0.717, 1.165) is 0 Å². The molecular formula is C21H39NO2SSn. The number of hydrogen-bond donors (Lipinski definition) is 0. The Morgan fingerprint density at radius 3 is 1.58 bits per heavy atom. The number of unbranched alkanes of at least 4 members (excludes halogenated alkanes) is 3. The van der Waals surface area contributed by atoms with Crippen LogP contribution in [0.2, 0.25) is 13.3 Å². The number of sulfonamides is 1. The molecule has 1 rings (SSSR count). The molecule has 0 aliphatic rings. The maximum atomic E-state index is 12.3. The molecule has 5 heteroatoms. The van der Waals surface area contributed by atoms with Crippen molar-refractivity contribution in [3.8, 4) is 0 Å². The van der Waals surface area contributed by atoms with Crippen LogP contribution in [0.3, 0.4) is 0 Å². The van der Waals surface area contributed by atoms with Crippen molar-refractivity contribution in [1.29, 1.82) is 0 Å².